The standard InChI is InChI=1S/C22H25ClN2/c1-15-4-9-20-19(14-15)22-16(2)24(3)12-11-21(22)25(20)13-10-17-5-7-18(23)8-6-17/h4-9,14,16H,10-13H2,1-3H3. The van der Waals surface area contributed by atoms with Crippen molar-refractivity contribution in [1.82, 2.24) is 9.47 Å². The van der Waals surface area contributed by atoms with Crippen LogP contribution in [0.3, 0.4) is 0 Å². The zero-order chi connectivity index (χ0) is 17.6. The molecule has 0 radical (unpaired) electrons. The van der Waals surface area contributed by atoms with Crippen molar-refractivity contribution < 1.29 is 0 Å². The van der Waals surface area contributed by atoms with Gasteiger partial charge in [-0.25, -0.2) is 0 Å². The number of rotatable bonds is 3. The summed E-state index contributed by atoms with van der Waals surface area (Å²) in [7, 11) is 2.24. The summed E-state index contributed by atoms with van der Waals surface area (Å²) in [5, 5.41) is 2.24. The predicted molar refractivity (Wildman–Crippen MR) is 107 cm³/mol. The van der Waals surface area contributed by atoms with Crippen molar-refractivity contribution in [3.8, 4) is 0 Å². The van der Waals surface area contributed by atoms with Gasteiger partial charge in [-0.2, -0.15) is 0 Å². The molecule has 0 N–H and O–H groups in total. The Kier molecular flexibility index (Phi) is 4.35. The average Bonchev–Trinajstić information content (AvgIpc) is 2.91. The van der Waals surface area contributed by atoms with Gasteiger partial charge in [-0.05, 0) is 62.7 Å². The van der Waals surface area contributed by atoms with E-state index in [1.54, 1.807) is 0 Å². The van der Waals surface area contributed by atoms with Crippen molar-refractivity contribution >= 4 is 22.5 Å². The van der Waals surface area contributed by atoms with Gasteiger partial charge in [-0.3, -0.25) is 4.90 Å². The first-order valence-corrected chi connectivity index (χ1v) is 9.48. The number of aromatic nitrogens is 1. The second kappa shape index (κ2) is 6.51. The molecule has 2 nitrogen and oxygen atoms in total. The van der Waals surface area contributed by atoms with Gasteiger partial charge in [0.15, 0.2) is 0 Å². The molecule has 1 aliphatic heterocycles. The van der Waals surface area contributed by atoms with Crippen molar-refractivity contribution in [3.63, 3.8) is 0 Å². The van der Waals surface area contributed by atoms with E-state index in [1.807, 2.05) is 12.1 Å². The molecule has 1 aromatic heterocycles. The predicted octanol–water partition coefficient (Wildman–Crippen LogP) is 5.39. The maximum absolute atomic E-state index is 6.02. The minimum atomic E-state index is 0.477. The molecule has 2 aromatic carbocycles. The number of halogens is 1. The van der Waals surface area contributed by atoms with Crippen molar-refractivity contribution in [3.05, 3.63) is 69.9 Å². The summed E-state index contributed by atoms with van der Waals surface area (Å²) in [5.41, 5.74) is 7.12. The highest BCUT2D eigenvalue weighted by atomic mass is 35.5. The quantitative estimate of drug-likeness (QED) is 0.613. The lowest BCUT2D eigenvalue weighted by Gasteiger charge is -2.31. The van der Waals surface area contributed by atoms with E-state index in [0.717, 1.165) is 31.0 Å². The molecule has 4 rings (SSSR count). The van der Waals surface area contributed by atoms with E-state index in [2.05, 4.69) is 60.7 Å². The summed E-state index contributed by atoms with van der Waals surface area (Å²) >= 11 is 6.02. The number of likely N-dealkylation sites (N-methyl/N-ethyl adjacent to an activating group) is 1. The molecule has 0 saturated carbocycles. The summed E-state index contributed by atoms with van der Waals surface area (Å²) in [4.78, 5) is 2.47. The number of nitrogens with zero attached hydrogens (tertiary/aromatic N) is 2. The van der Waals surface area contributed by atoms with Crippen molar-refractivity contribution in [1.29, 1.82) is 0 Å². The zero-order valence-electron chi connectivity index (χ0n) is 15.2. The highest BCUT2D eigenvalue weighted by Gasteiger charge is 2.27. The van der Waals surface area contributed by atoms with E-state index in [9.17, 15) is 0 Å². The Morgan fingerprint density at radius 2 is 1.88 bits per heavy atom. The van der Waals surface area contributed by atoms with Crippen LogP contribution in [-0.4, -0.2) is 23.1 Å². The Bertz CT molecular complexity index is 908. The zero-order valence-corrected chi connectivity index (χ0v) is 16.0. The van der Waals surface area contributed by atoms with E-state index in [4.69, 9.17) is 11.6 Å². The van der Waals surface area contributed by atoms with Gasteiger partial charge in [0.2, 0.25) is 0 Å². The Morgan fingerprint density at radius 1 is 1.12 bits per heavy atom. The molecule has 0 fully saturated rings. The molecule has 25 heavy (non-hydrogen) atoms. The van der Waals surface area contributed by atoms with Crippen LogP contribution in [0.15, 0.2) is 42.5 Å². The number of hydrogen-bond donors (Lipinski definition) is 0. The summed E-state index contributed by atoms with van der Waals surface area (Å²) < 4.78 is 2.56. The van der Waals surface area contributed by atoms with E-state index in [0.29, 0.717) is 6.04 Å². The lowest BCUT2D eigenvalue weighted by molar-refractivity contribution is 0.245. The van der Waals surface area contributed by atoms with Crippen molar-refractivity contribution in [2.24, 2.45) is 0 Å². The fraction of sp³-hybridized carbons (Fsp3) is 0.364. The van der Waals surface area contributed by atoms with E-state index < -0.39 is 0 Å². The molecule has 0 saturated heterocycles. The highest BCUT2D eigenvalue weighted by molar-refractivity contribution is 6.30. The maximum Gasteiger partial charge on any atom is 0.0486 e. The molecule has 1 aliphatic rings. The molecule has 3 aromatic rings. The average molecular weight is 353 g/mol. The van der Waals surface area contributed by atoms with Crippen LogP contribution in [0, 0.1) is 6.92 Å². The summed E-state index contributed by atoms with van der Waals surface area (Å²) in [6, 6.07) is 15.6. The normalized spacial score (nSPS) is 17.8. The van der Waals surface area contributed by atoms with Crippen LogP contribution < -0.4 is 0 Å². The van der Waals surface area contributed by atoms with Gasteiger partial charge in [0.1, 0.15) is 0 Å². The Balaban J connectivity index is 1.76. The molecule has 1 unspecified atom stereocenters. The summed E-state index contributed by atoms with van der Waals surface area (Å²) in [6.45, 7) is 6.68. The van der Waals surface area contributed by atoms with Crippen LogP contribution in [0.2, 0.25) is 5.02 Å². The van der Waals surface area contributed by atoms with Crippen molar-refractivity contribution in [2.45, 2.75) is 39.3 Å². The molecule has 1 atom stereocenters. The fourth-order valence-corrected chi connectivity index (χ4v) is 4.25. The van der Waals surface area contributed by atoms with Gasteiger partial charge in [0.25, 0.3) is 0 Å². The van der Waals surface area contributed by atoms with Gasteiger partial charge < -0.3 is 4.57 Å². The number of benzene rings is 2. The first-order valence-electron chi connectivity index (χ1n) is 9.11. The number of fused-ring (bicyclic) bond motifs is 3. The summed E-state index contributed by atoms with van der Waals surface area (Å²) in [6.07, 6.45) is 2.16. The third-order valence-corrected chi connectivity index (χ3v) is 5.94. The first-order chi connectivity index (χ1) is 12.0. The van der Waals surface area contributed by atoms with Crippen LogP contribution in [-0.2, 0) is 19.4 Å². The maximum atomic E-state index is 6.02. The first kappa shape index (κ1) is 16.7. The Morgan fingerprint density at radius 3 is 2.64 bits per heavy atom. The third-order valence-electron chi connectivity index (χ3n) is 5.69. The van der Waals surface area contributed by atoms with Crippen molar-refractivity contribution in [2.75, 3.05) is 13.6 Å². The molecule has 0 spiro atoms. The lowest BCUT2D eigenvalue weighted by Crippen LogP contribution is -2.31. The topological polar surface area (TPSA) is 8.17 Å². The number of hydrogen-bond acceptors (Lipinski definition) is 1. The van der Waals surface area contributed by atoms with Gasteiger partial charge in [-0.15, -0.1) is 0 Å². The number of aryl methyl sites for hydroxylation is 3. The molecule has 0 bridgehead atoms. The van der Waals surface area contributed by atoms with Gasteiger partial charge in [0, 0.05) is 47.2 Å². The van der Waals surface area contributed by atoms with Gasteiger partial charge in [-0.1, -0.05) is 35.4 Å². The Hall–Kier alpha value is -1.77. The fourth-order valence-electron chi connectivity index (χ4n) is 4.13. The monoisotopic (exact) mass is 352 g/mol. The van der Waals surface area contributed by atoms with Crippen LogP contribution in [0.5, 0.6) is 0 Å². The molecule has 130 valence electrons. The largest absolute Gasteiger partial charge is 0.344 e. The second-order valence-corrected chi connectivity index (χ2v) is 7.75. The molecule has 0 amide bonds. The third kappa shape index (κ3) is 2.98. The highest BCUT2D eigenvalue weighted by Crippen LogP contribution is 2.37. The van der Waals surface area contributed by atoms with Crippen LogP contribution in [0.25, 0.3) is 10.9 Å². The van der Waals surface area contributed by atoms with Gasteiger partial charge >= 0.3 is 0 Å². The molecule has 0 aliphatic carbocycles. The molecular weight excluding hydrogens is 328 g/mol. The summed E-state index contributed by atoms with van der Waals surface area (Å²) in [5.74, 6) is 0. The van der Waals surface area contributed by atoms with E-state index in [1.165, 1.54) is 33.3 Å². The van der Waals surface area contributed by atoms with Crippen LogP contribution in [0.4, 0.5) is 0 Å². The second-order valence-electron chi connectivity index (χ2n) is 7.32. The van der Waals surface area contributed by atoms with E-state index in [-0.39, 0.29) is 0 Å². The smallest absolute Gasteiger partial charge is 0.0486 e. The molecular formula is C22H25ClN2. The minimum absolute atomic E-state index is 0.477. The molecule has 3 heteroatoms. The van der Waals surface area contributed by atoms with E-state index >= 15 is 0 Å². The van der Waals surface area contributed by atoms with Crippen LogP contribution >= 0.6 is 11.6 Å². The van der Waals surface area contributed by atoms with Crippen LogP contribution in [0.1, 0.15) is 35.3 Å². The van der Waals surface area contributed by atoms with Gasteiger partial charge in [0.05, 0.1) is 0 Å². The Labute approximate surface area is 155 Å². The minimum Gasteiger partial charge on any atom is -0.344 e. The lowest BCUT2D eigenvalue weighted by atomic mass is 9.97. The SMILES string of the molecule is Cc1ccc2c(c1)c1c(n2CCc2ccc(Cl)cc2)CCN(C)C1C. The molecule has 2 heterocycles.